The van der Waals surface area contributed by atoms with Gasteiger partial charge in [-0.25, -0.2) is 4.68 Å². The molecular formula is C49H80N4O14. The number of aliphatic hydroxyl groups is 4. The molecule has 3 saturated heterocycles. The van der Waals surface area contributed by atoms with Crippen LogP contribution < -0.4 is 4.74 Å². The van der Waals surface area contributed by atoms with Crippen molar-refractivity contribution >= 4 is 11.8 Å². The predicted molar refractivity (Wildman–Crippen MR) is 246 cm³/mol. The van der Waals surface area contributed by atoms with E-state index in [1.165, 1.54) is 21.1 Å². The van der Waals surface area contributed by atoms with Crippen LogP contribution in [0.3, 0.4) is 0 Å². The van der Waals surface area contributed by atoms with Gasteiger partial charge in [-0.05, 0) is 85.5 Å². The highest BCUT2D eigenvalue weighted by molar-refractivity contribution is 5.83. The average molecular weight is 949 g/mol. The predicted octanol–water partition coefficient (Wildman–Crippen LogP) is 3.70. The number of Topliss-reactive ketones (excluding diaryl/α,β-unsaturated/α-hetero) is 1. The lowest BCUT2D eigenvalue weighted by atomic mass is 9.74. The van der Waals surface area contributed by atoms with E-state index in [-0.39, 0.29) is 31.1 Å². The van der Waals surface area contributed by atoms with Gasteiger partial charge < -0.3 is 63.2 Å². The van der Waals surface area contributed by atoms with E-state index in [0.29, 0.717) is 25.9 Å². The van der Waals surface area contributed by atoms with Gasteiger partial charge in [0, 0.05) is 63.6 Å². The molecule has 3 aliphatic rings. The molecule has 0 unspecified atom stereocenters. The Balaban J connectivity index is 1.47. The number of nitrogens with zero attached hydrogens (tertiary/aromatic N) is 4. The summed E-state index contributed by atoms with van der Waals surface area (Å²) in [4.78, 5) is 30.7. The fourth-order valence-electron chi connectivity index (χ4n) is 10.4. The smallest absolute Gasteiger partial charge is 0.311 e. The molecule has 2 aromatic rings. The number of benzene rings is 1. The third-order valence-corrected chi connectivity index (χ3v) is 15.0. The Labute approximate surface area is 396 Å². The van der Waals surface area contributed by atoms with Crippen LogP contribution in [0.5, 0.6) is 5.75 Å². The molecule has 4 heterocycles. The van der Waals surface area contributed by atoms with Gasteiger partial charge in [-0.3, -0.25) is 9.59 Å². The molecule has 18 nitrogen and oxygen atoms in total. The summed E-state index contributed by atoms with van der Waals surface area (Å²) < 4.78 is 51.8. The molecule has 0 saturated carbocycles. The maximum Gasteiger partial charge on any atom is 0.311 e. The first-order valence-corrected chi connectivity index (χ1v) is 23.9. The van der Waals surface area contributed by atoms with Crippen LogP contribution in [0.2, 0.25) is 0 Å². The number of aromatic nitrogens is 3. The summed E-state index contributed by atoms with van der Waals surface area (Å²) in [6, 6.07) is 7.36. The number of hydrogen-bond donors (Lipinski definition) is 4. The zero-order chi connectivity index (χ0) is 49.8. The highest BCUT2D eigenvalue weighted by atomic mass is 16.7. The van der Waals surface area contributed by atoms with Crippen molar-refractivity contribution in [3.8, 4) is 5.75 Å². The maximum absolute atomic E-state index is 14.4. The number of cyclic esters (lactones) is 1. The molecule has 4 N–H and O–H groups in total. The second-order valence-corrected chi connectivity index (χ2v) is 20.2. The van der Waals surface area contributed by atoms with Gasteiger partial charge in [-0.15, -0.1) is 5.10 Å². The van der Waals surface area contributed by atoms with Crippen LogP contribution in [-0.4, -0.2) is 171 Å². The maximum atomic E-state index is 14.4. The van der Waals surface area contributed by atoms with E-state index in [1.54, 1.807) is 60.3 Å². The highest BCUT2D eigenvalue weighted by Crippen LogP contribution is 2.42. The Hall–Kier alpha value is -3.14. The Morgan fingerprint density at radius 3 is 2.15 bits per heavy atom. The molecule has 3 aliphatic heterocycles. The summed E-state index contributed by atoms with van der Waals surface area (Å²) >= 11 is 0. The van der Waals surface area contributed by atoms with Gasteiger partial charge in [0.25, 0.3) is 0 Å². The second kappa shape index (κ2) is 22.7. The van der Waals surface area contributed by atoms with Crippen molar-refractivity contribution in [2.75, 3.05) is 34.9 Å². The fraction of sp³-hybridized carbons (Fsp3) is 0.796. The topological polar surface area (TPSA) is 223 Å². The lowest BCUT2D eigenvalue weighted by Crippen LogP contribution is -2.61. The van der Waals surface area contributed by atoms with E-state index >= 15 is 0 Å². The molecule has 0 amide bonds. The van der Waals surface area contributed by atoms with E-state index in [4.69, 9.17) is 37.9 Å². The molecule has 18 atom stereocenters. The fourth-order valence-corrected chi connectivity index (χ4v) is 10.4. The molecular weight excluding hydrogens is 869 g/mol. The van der Waals surface area contributed by atoms with Gasteiger partial charge in [0.2, 0.25) is 0 Å². The van der Waals surface area contributed by atoms with Crippen LogP contribution >= 0.6 is 0 Å². The van der Waals surface area contributed by atoms with Gasteiger partial charge in [-0.2, -0.15) is 0 Å². The van der Waals surface area contributed by atoms with E-state index in [2.05, 4.69) is 15.2 Å². The third kappa shape index (κ3) is 12.4. The average Bonchev–Trinajstić information content (AvgIpc) is 3.76. The van der Waals surface area contributed by atoms with Gasteiger partial charge in [0.1, 0.15) is 35.4 Å². The van der Waals surface area contributed by atoms with Crippen LogP contribution in [0, 0.1) is 23.7 Å². The van der Waals surface area contributed by atoms with E-state index < -0.39 is 108 Å². The van der Waals surface area contributed by atoms with Crippen molar-refractivity contribution < 1.29 is 67.9 Å². The Morgan fingerprint density at radius 2 is 1.54 bits per heavy atom. The standard InChI is InChI=1S/C49H80N4O14/c1-15-37-49(10,59)42(56)29(4)39(54)27(2)23-48(9,62-14)44(30(5)41(31(6)45(58)65-37)66-38-24-47(8,61-13)43(57)32(7)64-38)67-46-40(55)36(22-28(3)63-46)52(11)21-20-34-26-53(51-50-34)25-33-16-18-35(60-12)19-17-33/h16-19,26-32,36-38,40-44,46,55-57,59H,15,20-25H2,1-14H3/t27-,28-,29+,30+,31-,32+,36+,37-,38+,40-,41+,42-,43+,44-,46+,47-,48-,49-/m1/s1. The normalized spacial score (nSPS) is 40.6. The minimum Gasteiger partial charge on any atom is -0.497 e. The molecule has 1 aromatic carbocycles. The quantitative estimate of drug-likeness (QED) is 0.198. The number of ether oxygens (including phenoxy) is 8. The van der Waals surface area contributed by atoms with Crippen molar-refractivity contribution in [3.63, 3.8) is 0 Å². The number of esters is 1. The van der Waals surface area contributed by atoms with Crippen LogP contribution in [0.15, 0.2) is 30.5 Å². The zero-order valence-electron chi connectivity index (χ0n) is 42.2. The number of likely N-dealkylation sites (N-methyl/N-ethyl adjacent to an activating group) is 1. The number of aliphatic hydroxyl groups excluding tert-OH is 3. The molecule has 5 rings (SSSR count). The highest BCUT2D eigenvalue weighted by Gasteiger charge is 2.54. The molecule has 0 spiro atoms. The van der Waals surface area contributed by atoms with Crippen molar-refractivity contribution in [2.45, 2.75) is 192 Å². The largest absolute Gasteiger partial charge is 0.497 e. The molecule has 18 heteroatoms. The molecule has 3 fully saturated rings. The van der Waals surface area contributed by atoms with E-state index in [1.807, 2.05) is 51.4 Å². The van der Waals surface area contributed by atoms with Crippen molar-refractivity contribution in [3.05, 3.63) is 41.7 Å². The van der Waals surface area contributed by atoms with Gasteiger partial charge in [0.15, 0.2) is 12.6 Å². The summed E-state index contributed by atoms with van der Waals surface area (Å²) in [7, 11) is 6.58. The number of ketones is 1. The summed E-state index contributed by atoms with van der Waals surface area (Å²) in [6.45, 7) is 18.2. The van der Waals surface area contributed by atoms with E-state index in [9.17, 15) is 30.0 Å². The lowest BCUT2D eigenvalue weighted by Gasteiger charge is -2.50. The number of rotatable bonds is 14. The van der Waals surface area contributed by atoms with Gasteiger partial charge in [-0.1, -0.05) is 45.0 Å². The number of hydrogen-bond acceptors (Lipinski definition) is 17. The van der Waals surface area contributed by atoms with Gasteiger partial charge >= 0.3 is 5.97 Å². The second-order valence-electron chi connectivity index (χ2n) is 20.2. The van der Waals surface area contributed by atoms with Gasteiger partial charge in [0.05, 0.1) is 67.0 Å². The summed E-state index contributed by atoms with van der Waals surface area (Å²) in [5, 5.41) is 55.4. The molecule has 0 radical (unpaired) electrons. The lowest BCUT2D eigenvalue weighted by molar-refractivity contribution is -0.319. The van der Waals surface area contributed by atoms with Crippen LogP contribution in [0.25, 0.3) is 0 Å². The van der Waals surface area contributed by atoms with Crippen molar-refractivity contribution in [1.82, 2.24) is 19.9 Å². The SMILES string of the molecule is CC[C@H]1OC(=O)[C@H](C)[C@@H](O[C@H]2C[C@@](C)(OC)[C@@H](O)[C@H](C)O2)[C@H](C)[C@@H](O[C@@H]2O[C@H](C)C[C@H](N(C)CCc3cn(Cc4ccc(OC)cc4)nn3)[C@H]2O)[C@](C)(OC)C[C@@H](C)C(=O)[C@H](C)[C@@H](O)[C@]1(C)O. The summed E-state index contributed by atoms with van der Waals surface area (Å²) in [5.41, 5.74) is -2.53. The van der Waals surface area contributed by atoms with Crippen LogP contribution in [0.4, 0.5) is 0 Å². The summed E-state index contributed by atoms with van der Waals surface area (Å²) in [6.07, 6.45) is -6.98. The van der Waals surface area contributed by atoms with Crippen molar-refractivity contribution in [2.24, 2.45) is 23.7 Å². The third-order valence-electron chi connectivity index (χ3n) is 15.0. The molecule has 67 heavy (non-hydrogen) atoms. The molecule has 1 aromatic heterocycles. The number of carbonyl (C=O) groups excluding carboxylic acids is 2. The first kappa shape index (κ1) is 54.8. The Morgan fingerprint density at radius 1 is 0.881 bits per heavy atom. The van der Waals surface area contributed by atoms with Crippen molar-refractivity contribution in [1.29, 1.82) is 0 Å². The monoisotopic (exact) mass is 949 g/mol. The van der Waals surface area contributed by atoms with Crippen LogP contribution in [-0.2, 0) is 55.7 Å². The first-order chi connectivity index (χ1) is 31.4. The zero-order valence-corrected chi connectivity index (χ0v) is 42.2. The molecule has 380 valence electrons. The minimum atomic E-state index is -2.00. The first-order valence-electron chi connectivity index (χ1n) is 23.9. The number of carbonyl (C=O) groups is 2. The minimum absolute atomic E-state index is 0.0744. The van der Waals surface area contributed by atoms with E-state index in [0.717, 1.165) is 17.0 Å². The molecule has 0 aliphatic carbocycles. The Kier molecular flexibility index (Phi) is 18.6. The number of methoxy groups -OCH3 is 3. The van der Waals surface area contributed by atoms with Crippen LogP contribution in [0.1, 0.15) is 106 Å². The Bertz CT molecular complexity index is 1900. The molecule has 0 bridgehead atoms. The summed E-state index contributed by atoms with van der Waals surface area (Å²) in [5.74, 6) is -3.91.